The Balaban J connectivity index is 2.35. The minimum atomic E-state index is -0.441. The molecule has 1 aliphatic heterocycles. The fraction of sp³-hybridized carbons (Fsp3) is 0.333. The van der Waals surface area contributed by atoms with Crippen LogP contribution in [0.4, 0.5) is 10.1 Å². The van der Waals surface area contributed by atoms with Gasteiger partial charge in [0.2, 0.25) is 0 Å². The van der Waals surface area contributed by atoms with Crippen molar-refractivity contribution in [2.45, 2.75) is 25.0 Å². The van der Waals surface area contributed by atoms with Crippen molar-refractivity contribution in [3.8, 4) is 0 Å². The van der Waals surface area contributed by atoms with Crippen molar-refractivity contribution in [2.75, 3.05) is 5.32 Å². The summed E-state index contributed by atoms with van der Waals surface area (Å²) in [4.78, 5) is 0. The van der Waals surface area contributed by atoms with E-state index in [1.54, 1.807) is 12.1 Å². The van der Waals surface area contributed by atoms with E-state index < -0.39 is 6.10 Å². The quantitative estimate of drug-likeness (QED) is 0.691. The maximum Gasteiger partial charge on any atom is 0.123 e. The van der Waals surface area contributed by atoms with Gasteiger partial charge >= 0.3 is 0 Å². The standard InChI is InChI=1S/C12H14FNO/c1-2-10-7-11(15)6-8-5-9(13)3-4-12(8)14-10/h2-5,10-11,14-15H,1,6-7H2. The molecule has 1 aromatic carbocycles. The molecule has 1 aromatic rings. The van der Waals surface area contributed by atoms with Gasteiger partial charge in [0.1, 0.15) is 5.82 Å². The zero-order valence-corrected chi connectivity index (χ0v) is 8.41. The number of rotatable bonds is 1. The third-order valence-corrected chi connectivity index (χ3v) is 2.67. The summed E-state index contributed by atoms with van der Waals surface area (Å²) in [5, 5.41) is 12.9. The maximum atomic E-state index is 13.0. The summed E-state index contributed by atoms with van der Waals surface area (Å²) in [5.41, 5.74) is 1.71. The first kappa shape index (κ1) is 10.2. The third kappa shape index (κ3) is 2.18. The molecule has 2 atom stereocenters. The molecule has 0 saturated carbocycles. The van der Waals surface area contributed by atoms with Crippen LogP contribution in [0.5, 0.6) is 0 Å². The molecule has 0 aromatic heterocycles. The van der Waals surface area contributed by atoms with Crippen LogP contribution in [0.1, 0.15) is 12.0 Å². The molecule has 3 heteroatoms. The van der Waals surface area contributed by atoms with E-state index in [0.29, 0.717) is 12.8 Å². The largest absolute Gasteiger partial charge is 0.393 e. The van der Waals surface area contributed by atoms with Gasteiger partial charge in [-0.1, -0.05) is 6.08 Å². The van der Waals surface area contributed by atoms with Crippen LogP contribution in [-0.2, 0) is 6.42 Å². The fourth-order valence-corrected chi connectivity index (χ4v) is 1.92. The number of aliphatic hydroxyl groups excluding tert-OH is 1. The van der Waals surface area contributed by atoms with Gasteiger partial charge in [0.15, 0.2) is 0 Å². The molecule has 0 aliphatic carbocycles. The maximum absolute atomic E-state index is 13.0. The Morgan fingerprint density at radius 2 is 2.33 bits per heavy atom. The zero-order chi connectivity index (χ0) is 10.8. The van der Waals surface area contributed by atoms with Crippen LogP contribution in [0.3, 0.4) is 0 Å². The first-order valence-electron chi connectivity index (χ1n) is 5.04. The highest BCUT2D eigenvalue weighted by Gasteiger charge is 2.19. The SMILES string of the molecule is C=CC1CC(O)Cc2cc(F)ccc2N1. The highest BCUT2D eigenvalue weighted by atomic mass is 19.1. The van der Waals surface area contributed by atoms with Gasteiger partial charge in [-0.2, -0.15) is 0 Å². The Morgan fingerprint density at radius 3 is 3.07 bits per heavy atom. The monoisotopic (exact) mass is 207 g/mol. The predicted molar refractivity (Wildman–Crippen MR) is 58.3 cm³/mol. The topological polar surface area (TPSA) is 32.3 Å². The van der Waals surface area contributed by atoms with E-state index in [0.717, 1.165) is 11.3 Å². The van der Waals surface area contributed by atoms with Crippen LogP contribution in [0.2, 0.25) is 0 Å². The number of benzene rings is 1. The van der Waals surface area contributed by atoms with Crippen molar-refractivity contribution >= 4 is 5.69 Å². The fourth-order valence-electron chi connectivity index (χ4n) is 1.92. The van der Waals surface area contributed by atoms with Gasteiger partial charge in [-0.05, 0) is 30.2 Å². The lowest BCUT2D eigenvalue weighted by Gasteiger charge is -2.14. The molecule has 2 unspecified atom stereocenters. The number of hydrogen-bond acceptors (Lipinski definition) is 2. The van der Waals surface area contributed by atoms with Crippen LogP contribution in [-0.4, -0.2) is 17.3 Å². The molecule has 80 valence electrons. The van der Waals surface area contributed by atoms with Crippen molar-refractivity contribution in [1.29, 1.82) is 0 Å². The van der Waals surface area contributed by atoms with E-state index in [2.05, 4.69) is 11.9 Å². The molecule has 0 radical (unpaired) electrons. The van der Waals surface area contributed by atoms with Gasteiger partial charge in [0.25, 0.3) is 0 Å². The van der Waals surface area contributed by atoms with Crippen LogP contribution in [0.25, 0.3) is 0 Å². The van der Waals surface area contributed by atoms with Crippen molar-refractivity contribution in [2.24, 2.45) is 0 Å². The Hall–Kier alpha value is -1.35. The van der Waals surface area contributed by atoms with Crippen molar-refractivity contribution in [1.82, 2.24) is 0 Å². The molecule has 0 fully saturated rings. The molecule has 1 heterocycles. The van der Waals surface area contributed by atoms with Crippen molar-refractivity contribution in [3.05, 3.63) is 42.2 Å². The Kier molecular flexibility index (Phi) is 2.73. The summed E-state index contributed by atoms with van der Waals surface area (Å²) < 4.78 is 13.0. The van der Waals surface area contributed by atoms with Crippen LogP contribution < -0.4 is 5.32 Å². The molecule has 2 nitrogen and oxygen atoms in total. The lowest BCUT2D eigenvalue weighted by Crippen LogP contribution is -2.20. The molecule has 1 aliphatic rings. The predicted octanol–water partition coefficient (Wildman–Crippen LogP) is 2.10. The number of aliphatic hydroxyl groups is 1. The molecule has 0 spiro atoms. The van der Waals surface area contributed by atoms with Gasteiger partial charge in [-0.3, -0.25) is 0 Å². The van der Waals surface area contributed by atoms with Crippen LogP contribution in [0, 0.1) is 5.82 Å². The molecule has 0 bridgehead atoms. The smallest absolute Gasteiger partial charge is 0.123 e. The van der Waals surface area contributed by atoms with Gasteiger partial charge in [-0.15, -0.1) is 6.58 Å². The van der Waals surface area contributed by atoms with Gasteiger partial charge in [0, 0.05) is 18.2 Å². The number of fused-ring (bicyclic) bond motifs is 1. The van der Waals surface area contributed by atoms with E-state index in [1.807, 2.05) is 0 Å². The van der Waals surface area contributed by atoms with Gasteiger partial charge in [0.05, 0.1) is 6.10 Å². The van der Waals surface area contributed by atoms with E-state index >= 15 is 0 Å². The Labute approximate surface area is 88.4 Å². The molecule has 2 rings (SSSR count). The summed E-state index contributed by atoms with van der Waals surface area (Å²) in [7, 11) is 0. The van der Waals surface area contributed by atoms with E-state index in [-0.39, 0.29) is 11.9 Å². The number of anilines is 1. The summed E-state index contributed by atoms with van der Waals surface area (Å²) in [6, 6.07) is 4.65. The van der Waals surface area contributed by atoms with Gasteiger partial charge < -0.3 is 10.4 Å². The normalized spacial score (nSPS) is 24.9. The van der Waals surface area contributed by atoms with E-state index in [1.165, 1.54) is 12.1 Å². The van der Waals surface area contributed by atoms with E-state index in [9.17, 15) is 9.50 Å². The molecule has 0 saturated heterocycles. The molecule has 0 amide bonds. The second kappa shape index (κ2) is 4.03. The Morgan fingerprint density at radius 1 is 1.53 bits per heavy atom. The minimum absolute atomic E-state index is 0.0479. The molecule has 15 heavy (non-hydrogen) atoms. The minimum Gasteiger partial charge on any atom is -0.393 e. The summed E-state index contributed by atoms with van der Waals surface area (Å²) in [6.45, 7) is 3.70. The summed E-state index contributed by atoms with van der Waals surface area (Å²) >= 11 is 0. The van der Waals surface area contributed by atoms with Crippen LogP contribution in [0.15, 0.2) is 30.9 Å². The number of nitrogens with one attached hydrogen (secondary N) is 1. The first-order valence-corrected chi connectivity index (χ1v) is 5.04. The van der Waals surface area contributed by atoms with Crippen molar-refractivity contribution < 1.29 is 9.50 Å². The number of halogens is 1. The summed E-state index contributed by atoms with van der Waals surface area (Å²) in [5.74, 6) is -0.264. The molecule has 2 N–H and O–H groups in total. The van der Waals surface area contributed by atoms with Crippen molar-refractivity contribution in [3.63, 3.8) is 0 Å². The number of hydrogen-bond donors (Lipinski definition) is 2. The zero-order valence-electron chi connectivity index (χ0n) is 8.41. The summed E-state index contributed by atoms with van der Waals surface area (Å²) in [6.07, 6.45) is 2.43. The third-order valence-electron chi connectivity index (χ3n) is 2.67. The average molecular weight is 207 g/mol. The van der Waals surface area contributed by atoms with E-state index in [4.69, 9.17) is 0 Å². The first-order chi connectivity index (χ1) is 7.19. The van der Waals surface area contributed by atoms with Crippen LogP contribution >= 0.6 is 0 Å². The molecular weight excluding hydrogens is 193 g/mol. The lowest BCUT2D eigenvalue weighted by molar-refractivity contribution is 0.165. The average Bonchev–Trinajstić information content (AvgIpc) is 2.35. The van der Waals surface area contributed by atoms with Gasteiger partial charge in [-0.25, -0.2) is 4.39 Å². The molecular formula is C12H14FNO. The highest BCUT2D eigenvalue weighted by molar-refractivity contribution is 5.53. The second-order valence-electron chi connectivity index (χ2n) is 3.88. The second-order valence-corrected chi connectivity index (χ2v) is 3.88. The highest BCUT2D eigenvalue weighted by Crippen LogP contribution is 2.25. The Bertz CT molecular complexity index is 378. The lowest BCUT2D eigenvalue weighted by atomic mass is 10.0.